The number of nitrogens with zero attached hydrogens (tertiary/aromatic N) is 2. The fraction of sp³-hybridized carbons (Fsp3) is 0.346. The number of carbonyl (C=O) groups is 1. The second-order valence-corrected chi connectivity index (χ2v) is 10.8. The molecular formula is C26H30N2O4S. The van der Waals surface area contributed by atoms with Crippen molar-refractivity contribution in [1.82, 2.24) is 9.80 Å². The first-order valence-electron chi connectivity index (χ1n) is 11.3. The Labute approximate surface area is 195 Å². The summed E-state index contributed by atoms with van der Waals surface area (Å²) < 4.78 is 30.9. The molecular weight excluding hydrogens is 436 g/mol. The van der Waals surface area contributed by atoms with Crippen LogP contribution in [0.15, 0.2) is 76.2 Å². The van der Waals surface area contributed by atoms with Gasteiger partial charge in [0.15, 0.2) is 15.6 Å². The third-order valence-corrected chi connectivity index (χ3v) is 7.78. The maximum absolute atomic E-state index is 13.1. The van der Waals surface area contributed by atoms with Crippen LogP contribution in [0.4, 0.5) is 0 Å². The number of amides is 1. The lowest BCUT2D eigenvalue weighted by Gasteiger charge is -2.34. The van der Waals surface area contributed by atoms with E-state index in [0.717, 1.165) is 19.6 Å². The number of sulfone groups is 1. The van der Waals surface area contributed by atoms with Crippen LogP contribution < -0.4 is 0 Å². The lowest BCUT2D eigenvalue weighted by molar-refractivity contribution is 0.0596. The fourth-order valence-corrected chi connectivity index (χ4v) is 5.45. The van der Waals surface area contributed by atoms with Gasteiger partial charge in [0.1, 0.15) is 0 Å². The molecule has 174 valence electrons. The minimum absolute atomic E-state index is 0.118. The van der Waals surface area contributed by atoms with E-state index in [1.54, 1.807) is 41.3 Å². The Kier molecular flexibility index (Phi) is 7.00. The zero-order chi connectivity index (χ0) is 23.4. The smallest absolute Gasteiger partial charge is 0.289 e. The van der Waals surface area contributed by atoms with Crippen LogP contribution in [0.2, 0.25) is 0 Å². The number of hydrogen-bond donors (Lipinski definition) is 0. The fourth-order valence-electron chi connectivity index (χ4n) is 4.07. The lowest BCUT2D eigenvalue weighted by atomic mass is 10.0. The summed E-state index contributed by atoms with van der Waals surface area (Å²) in [7, 11) is -3.56. The Morgan fingerprint density at radius 3 is 2.24 bits per heavy atom. The molecule has 1 aliphatic rings. The molecule has 1 aromatic heterocycles. The summed E-state index contributed by atoms with van der Waals surface area (Å²) in [6.07, 6.45) is 1.39. The van der Waals surface area contributed by atoms with E-state index < -0.39 is 9.84 Å². The highest BCUT2D eigenvalue weighted by molar-refractivity contribution is 7.90. The van der Waals surface area contributed by atoms with Gasteiger partial charge in [-0.05, 0) is 35.2 Å². The Bertz CT molecular complexity index is 1180. The van der Waals surface area contributed by atoms with Gasteiger partial charge < -0.3 is 9.32 Å². The maximum Gasteiger partial charge on any atom is 0.289 e. The zero-order valence-corrected chi connectivity index (χ0v) is 19.9. The van der Waals surface area contributed by atoms with E-state index in [2.05, 4.69) is 43.0 Å². The van der Waals surface area contributed by atoms with E-state index in [1.165, 1.54) is 17.4 Å². The van der Waals surface area contributed by atoms with Gasteiger partial charge in [0.25, 0.3) is 5.91 Å². The van der Waals surface area contributed by atoms with Gasteiger partial charge >= 0.3 is 0 Å². The van der Waals surface area contributed by atoms with Crippen LogP contribution in [0.5, 0.6) is 0 Å². The minimum Gasteiger partial charge on any atom is -0.459 e. The summed E-state index contributed by atoms with van der Waals surface area (Å²) in [5.74, 6) is 0.121. The SMILES string of the molecule is CC(C)c1ccc(CN2CCN(C(=O)c3occc3CS(=O)(=O)c3ccccc3)CC2)cc1. The molecule has 6 nitrogen and oxygen atoms in total. The maximum atomic E-state index is 13.1. The van der Waals surface area contributed by atoms with Crippen LogP contribution in [-0.2, 0) is 22.1 Å². The summed E-state index contributed by atoms with van der Waals surface area (Å²) in [6.45, 7) is 7.90. The predicted octanol–water partition coefficient (Wildman–Crippen LogP) is 4.33. The molecule has 1 fully saturated rings. The normalized spacial score (nSPS) is 15.2. The van der Waals surface area contributed by atoms with Crippen LogP contribution in [0.25, 0.3) is 0 Å². The lowest BCUT2D eigenvalue weighted by Crippen LogP contribution is -2.48. The molecule has 33 heavy (non-hydrogen) atoms. The summed E-state index contributed by atoms with van der Waals surface area (Å²) in [4.78, 5) is 17.4. The molecule has 1 amide bonds. The second kappa shape index (κ2) is 9.93. The van der Waals surface area contributed by atoms with Crippen molar-refractivity contribution in [3.05, 3.63) is 89.4 Å². The zero-order valence-electron chi connectivity index (χ0n) is 19.1. The van der Waals surface area contributed by atoms with Crippen molar-refractivity contribution >= 4 is 15.7 Å². The molecule has 0 bridgehead atoms. The third-order valence-electron chi connectivity index (χ3n) is 6.10. The molecule has 1 saturated heterocycles. The van der Waals surface area contributed by atoms with E-state index in [4.69, 9.17) is 4.42 Å². The van der Waals surface area contributed by atoms with Crippen molar-refractivity contribution in [3.8, 4) is 0 Å². The predicted molar refractivity (Wildman–Crippen MR) is 128 cm³/mol. The minimum atomic E-state index is -3.56. The van der Waals surface area contributed by atoms with Crippen molar-refractivity contribution in [3.63, 3.8) is 0 Å². The summed E-state index contributed by atoms with van der Waals surface area (Å²) in [6, 6.07) is 18.6. The van der Waals surface area contributed by atoms with Gasteiger partial charge in [-0.2, -0.15) is 0 Å². The van der Waals surface area contributed by atoms with Gasteiger partial charge in [0, 0.05) is 38.3 Å². The highest BCUT2D eigenvalue weighted by atomic mass is 32.2. The molecule has 0 saturated carbocycles. The van der Waals surface area contributed by atoms with Crippen molar-refractivity contribution in [1.29, 1.82) is 0 Å². The molecule has 3 aromatic rings. The van der Waals surface area contributed by atoms with Gasteiger partial charge in [-0.1, -0.05) is 56.3 Å². The van der Waals surface area contributed by atoms with E-state index in [0.29, 0.717) is 24.6 Å². The highest BCUT2D eigenvalue weighted by Crippen LogP contribution is 2.22. The molecule has 2 heterocycles. The summed E-state index contributed by atoms with van der Waals surface area (Å²) in [5, 5.41) is 0. The number of carbonyl (C=O) groups excluding carboxylic acids is 1. The first kappa shape index (κ1) is 23.3. The second-order valence-electron chi connectivity index (χ2n) is 8.81. The third kappa shape index (κ3) is 5.54. The molecule has 1 aliphatic heterocycles. The summed E-state index contributed by atoms with van der Waals surface area (Å²) >= 11 is 0. The average molecular weight is 467 g/mol. The monoisotopic (exact) mass is 466 g/mol. The molecule has 2 aromatic carbocycles. The molecule has 0 atom stereocenters. The molecule has 0 aliphatic carbocycles. The van der Waals surface area contributed by atoms with Crippen molar-refractivity contribution in [2.45, 2.75) is 37.0 Å². The molecule has 0 N–H and O–H groups in total. The van der Waals surface area contributed by atoms with Gasteiger partial charge in [-0.3, -0.25) is 9.69 Å². The van der Waals surface area contributed by atoms with E-state index in [-0.39, 0.29) is 22.3 Å². The van der Waals surface area contributed by atoms with Crippen molar-refractivity contribution in [2.24, 2.45) is 0 Å². The molecule has 7 heteroatoms. The first-order valence-corrected chi connectivity index (χ1v) is 12.9. The Morgan fingerprint density at radius 2 is 1.61 bits per heavy atom. The van der Waals surface area contributed by atoms with Crippen LogP contribution in [0.1, 0.15) is 47.0 Å². The van der Waals surface area contributed by atoms with Crippen molar-refractivity contribution in [2.75, 3.05) is 26.2 Å². The number of piperazine rings is 1. The Balaban J connectivity index is 1.36. The quantitative estimate of drug-likeness (QED) is 0.518. The van der Waals surface area contributed by atoms with Crippen LogP contribution in [0.3, 0.4) is 0 Å². The Hall–Kier alpha value is -2.90. The summed E-state index contributed by atoms with van der Waals surface area (Å²) in [5.41, 5.74) is 2.99. The molecule has 0 unspecified atom stereocenters. The van der Waals surface area contributed by atoms with E-state index in [1.807, 2.05) is 0 Å². The highest BCUT2D eigenvalue weighted by Gasteiger charge is 2.28. The van der Waals surface area contributed by atoms with Crippen LogP contribution >= 0.6 is 0 Å². The number of hydrogen-bond acceptors (Lipinski definition) is 5. The van der Waals surface area contributed by atoms with E-state index in [9.17, 15) is 13.2 Å². The average Bonchev–Trinajstić information content (AvgIpc) is 3.27. The topological polar surface area (TPSA) is 70.8 Å². The Morgan fingerprint density at radius 1 is 0.939 bits per heavy atom. The van der Waals surface area contributed by atoms with Gasteiger partial charge in [-0.15, -0.1) is 0 Å². The largest absolute Gasteiger partial charge is 0.459 e. The van der Waals surface area contributed by atoms with Crippen LogP contribution in [-0.4, -0.2) is 50.3 Å². The molecule has 0 spiro atoms. The molecule has 4 rings (SSSR count). The number of rotatable bonds is 7. The van der Waals surface area contributed by atoms with E-state index >= 15 is 0 Å². The number of benzene rings is 2. The number of furan rings is 1. The standard InChI is InChI=1S/C26H30N2O4S/c1-20(2)22-10-8-21(9-11-22)18-27-13-15-28(16-14-27)26(29)25-23(12-17-32-25)19-33(30,31)24-6-4-3-5-7-24/h3-12,17,20H,13-16,18-19H2,1-2H3. The van der Waals surface area contributed by atoms with Gasteiger partial charge in [-0.25, -0.2) is 8.42 Å². The van der Waals surface area contributed by atoms with Crippen molar-refractivity contribution < 1.29 is 17.6 Å². The van der Waals surface area contributed by atoms with Crippen LogP contribution in [0, 0.1) is 0 Å². The van der Waals surface area contributed by atoms with Gasteiger partial charge in [0.05, 0.1) is 16.9 Å². The van der Waals surface area contributed by atoms with Gasteiger partial charge in [0.2, 0.25) is 0 Å². The first-order chi connectivity index (χ1) is 15.8. The molecule has 0 radical (unpaired) electrons.